The average molecular weight is 901 g/mol. The molecule has 2 aliphatic rings. The fourth-order valence-corrected chi connectivity index (χ4v) is 9.44. The smallest absolute Gasteiger partial charge is 0.293 e. The monoisotopic (exact) mass is 900 g/mol. The number of carbonyl (C=O) groups excluding carboxylic acids is 5. The molecule has 2 aromatic heterocycles. The number of likely N-dealkylation sites (N-methyl/N-ethyl adjacent to an activating group) is 1. The first-order valence-electron chi connectivity index (χ1n) is 22.8. The predicted molar refractivity (Wildman–Crippen MR) is 252 cm³/mol. The number of hydrogen-bond donors (Lipinski definition) is 2. The topological polar surface area (TPSA) is 179 Å². The second kappa shape index (κ2) is 21.7. The summed E-state index contributed by atoms with van der Waals surface area (Å²) in [5, 5.41) is 15.8. The van der Waals surface area contributed by atoms with Crippen LogP contribution in [0.15, 0.2) is 73.4 Å². The molecule has 4 amide bonds. The normalized spacial score (nSPS) is 16.6. The molecule has 2 fully saturated rings. The number of ether oxygens (including phenoxy) is 2. The van der Waals surface area contributed by atoms with E-state index in [9.17, 15) is 29.2 Å². The molecule has 0 radical (unpaired) electrons. The van der Waals surface area contributed by atoms with Crippen LogP contribution in [0.2, 0.25) is 0 Å². The number of methoxy groups -OCH3 is 1. The summed E-state index contributed by atoms with van der Waals surface area (Å²) in [6, 6.07) is 18.5. The van der Waals surface area contributed by atoms with E-state index in [4.69, 9.17) is 14.5 Å². The Kier molecular flexibility index (Phi) is 16.2. The van der Waals surface area contributed by atoms with Crippen LogP contribution in [-0.2, 0) is 52.8 Å². The highest BCUT2D eigenvalue weighted by atomic mass is 16.5. The van der Waals surface area contributed by atoms with E-state index in [-0.39, 0.29) is 55.9 Å². The number of nitrogens with zero attached hydrogens (tertiary/aromatic N) is 6. The highest BCUT2D eigenvalue weighted by Gasteiger charge is 2.39. The lowest BCUT2D eigenvalue weighted by Gasteiger charge is -2.35. The quantitative estimate of drug-likeness (QED) is 0.0836. The Balaban J connectivity index is 1.37. The summed E-state index contributed by atoms with van der Waals surface area (Å²) in [4.78, 5) is 74.0. The van der Waals surface area contributed by atoms with Crippen LogP contribution in [0.1, 0.15) is 76.8 Å². The third kappa shape index (κ3) is 11.0. The molecule has 15 heteroatoms. The van der Waals surface area contributed by atoms with Gasteiger partial charge in [0.1, 0.15) is 18.6 Å². The molecule has 350 valence electrons. The minimum absolute atomic E-state index is 0.0756. The van der Waals surface area contributed by atoms with Gasteiger partial charge in [0.25, 0.3) is 12.4 Å². The van der Waals surface area contributed by atoms with Crippen molar-refractivity contribution in [2.24, 2.45) is 17.3 Å². The fraction of sp³-hybridized carbons (Fsp3) is 0.471. The van der Waals surface area contributed by atoms with Crippen molar-refractivity contribution < 1.29 is 33.4 Å². The number of nitriles is 1. The largest absolute Gasteiger partial charge is 0.467 e. The number of aromatic nitrogens is 2. The van der Waals surface area contributed by atoms with Crippen LogP contribution in [0.25, 0.3) is 33.3 Å². The molecule has 15 nitrogen and oxygen atoms in total. The molecule has 6 rings (SSSR count). The van der Waals surface area contributed by atoms with Gasteiger partial charge < -0.3 is 29.2 Å². The van der Waals surface area contributed by atoms with Crippen LogP contribution in [0.5, 0.6) is 0 Å². The van der Waals surface area contributed by atoms with Crippen molar-refractivity contribution >= 4 is 41.0 Å². The Morgan fingerprint density at radius 3 is 2.53 bits per heavy atom. The van der Waals surface area contributed by atoms with Crippen LogP contribution in [0.4, 0.5) is 0 Å². The Bertz CT molecular complexity index is 2470. The third-order valence-electron chi connectivity index (χ3n) is 12.8. The molecule has 3 unspecified atom stereocenters. The van der Waals surface area contributed by atoms with Gasteiger partial charge in [-0.2, -0.15) is 5.26 Å². The second-order valence-electron chi connectivity index (χ2n) is 18.5. The Morgan fingerprint density at radius 2 is 1.85 bits per heavy atom. The highest BCUT2D eigenvalue weighted by molar-refractivity contribution is 5.96. The fourth-order valence-electron chi connectivity index (χ4n) is 9.44. The van der Waals surface area contributed by atoms with Crippen molar-refractivity contribution in [3.63, 3.8) is 0 Å². The average Bonchev–Trinajstić information content (AvgIpc) is 3.93. The lowest BCUT2D eigenvalue weighted by molar-refractivity contribution is -0.145. The summed E-state index contributed by atoms with van der Waals surface area (Å²) >= 11 is 0. The van der Waals surface area contributed by atoms with Gasteiger partial charge in [-0.25, -0.2) is 5.43 Å². The SMILES string of the molecule is C=CC(=O)N1CC[C@H](C(=O)N(C)C(C(=O)NC(Cc2cccc(-c3ccc4c(c3)c(CC(C)(C)COC=O)c(-c3cccnc3C(C)OC)n4CC#N)c2)C(=O)N2CCCCN2)C(C)C)C1. The molecular formula is C51H64N8O7. The van der Waals surface area contributed by atoms with Gasteiger partial charge in [-0.3, -0.25) is 34.0 Å². The van der Waals surface area contributed by atoms with E-state index in [2.05, 4.69) is 29.5 Å². The van der Waals surface area contributed by atoms with E-state index in [0.29, 0.717) is 38.9 Å². The summed E-state index contributed by atoms with van der Waals surface area (Å²) in [6.45, 7) is 15.9. The van der Waals surface area contributed by atoms with E-state index in [1.807, 2.05) is 87.7 Å². The molecule has 4 aromatic rings. The summed E-state index contributed by atoms with van der Waals surface area (Å²) in [5.41, 5.74) is 9.55. The Morgan fingerprint density at radius 1 is 1.08 bits per heavy atom. The van der Waals surface area contributed by atoms with Gasteiger partial charge in [-0.15, -0.1) is 0 Å². The zero-order valence-electron chi connectivity index (χ0n) is 39.3. The van der Waals surface area contributed by atoms with Gasteiger partial charge in [-0.1, -0.05) is 64.6 Å². The van der Waals surface area contributed by atoms with Crippen LogP contribution < -0.4 is 10.7 Å². The number of pyridine rings is 1. The maximum absolute atomic E-state index is 14.4. The number of hydrazine groups is 1. The van der Waals surface area contributed by atoms with Crippen molar-refractivity contribution in [3.8, 4) is 28.5 Å². The van der Waals surface area contributed by atoms with Crippen molar-refractivity contribution in [1.29, 1.82) is 5.26 Å². The molecule has 4 heterocycles. The predicted octanol–water partition coefficient (Wildman–Crippen LogP) is 6.01. The summed E-state index contributed by atoms with van der Waals surface area (Å²) in [6.07, 6.45) is 5.56. The van der Waals surface area contributed by atoms with Crippen LogP contribution in [-0.4, -0.2) is 113 Å². The molecule has 2 aliphatic heterocycles. The maximum atomic E-state index is 14.4. The number of rotatable bonds is 19. The molecule has 4 atom stereocenters. The summed E-state index contributed by atoms with van der Waals surface area (Å²) in [5.74, 6) is -1.89. The molecule has 0 saturated carbocycles. The number of likely N-dealkylation sites (tertiary alicyclic amines) is 1. The molecule has 2 N–H and O–H groups in total. The lowest BCUT2D eigenvalue weighted by Crippen LogP contribution is -2.59. The van der Waals surface area contributed by atoms with E-state index in [1.165, 1.54) is 11.0 Å². The summed E-state index contributed by atoms with van der Waals surface area (Å²) < 4.78 is 13.1. The van der Waals surface area contributed by atoms with E-state index >= 15 is 0 Å². The Labute approximate surface area is 388 Å². The van der Waals surface area contributed by atoms with Crippen LogP contribution >= 0.6 is 0 Å². The van der Waals surface area contributed by atoms with Crippen molar-refractivity contribution in [2.75, 3.05) is 46.9 Å². The minimum atomic E-state index is -0.953. The van der Waals surface area contributed by atoms with Gasteiger partial charge in [-0.05, 0) is 91.1 Å². The van der Waals surface area contributed by atoms with Crippen LogP contribution in [0, 0.1) is 28.6 Å². The number of benzene rings is 2. The molecule has 0 spiro atoms. The van der Waals surface area contributed by atoms with Crippen molar-refractivity contribution in [2.45, 2.75) is 91.5 Å². The van der Waals surface area contributed by atoms with E-state index in [1.54, 1.807) is 30.3 Å². The van der Waals surface area contributed by atoms with Gasteiger partial charge in [0.2, 0.25) is 17.7 Å². The highest BCUT2D eigenvalue weighted by Crippen LogP contribution is 2.42. The van der Waals surface area contributed by atoms with Gasteiger partial charge in [0, 0.05) is 74.8 Å². The molecule has 2 saturated heterocycles. The molecule has 66 heavy (non-hydrogen) atoms. The molecular weight excluding hydrogens is 837 g/mol. The maximum Gasteiger partial charge on any atom is 0.293 e. The number of amides is 4. The number of carbonyl (C=O) groups is 5. The van der Waals surface area contributed by atoms with Gasteiger partial charge in [0.05, 0.1) is 36.1 Å². The first-order valence-corrected chi connectivity index (χ1v) is 22.8. The first-order chi connectivity index (χ1) is 31.6. The number of hydrogen-bond acceptors (Lipinski definition) is 10. The standard InChI is InChI=1S/C51H64N8O7/c1-9-44(61)57-24-19-38(30-57)49(63)56(7)46(33(2)3)48(62)55-42(50(64)59-23-11-10-22-54-59)27-35-14-12-15-36(26-35)37-17-18-43-40(28-37)41(29-51(5,6)31-66-32-60)47(58(43)25-20-52)39-16-13-21-53-45(39)34(4)65-8/h9,12-18,21,26,28,32-34,38,42,46,54H,1,10-11,19,22-25,27,29-31H2,2-8H3,(H,55,62)/t34?,38-,42?,46?/m0/s1. The molecule has 0 bridgehead atoms. The third-order valence-corrected chi connectivity index (χ3v) is 12.8. The van der Waals surface area contributed by atoms with Crippen molar-refractivity contribution in [1.82, 2.24) is 35.1 Å². The van der Waals surface area contributed by atoms with Gasteiger partial charge in [0.15, 0.2) is 0 Å². The van der Waals surface area contributed by atoms with Crippen molar-refractivity contribution in [3.05, 3.63) is 90.3 Å². The molecule has 0 aliphatic carbocycles. The zero-order valence-corrected chi connectivity index (χ0v) is 39.3. The second-order valence-corrected chi connectivity index (χ2v) is 18.5. The van der Waals surface area contributed by atoms with E-state index < -0.39 is 29.3 Å². The van der Waals surface area contributed by atoms with Gasteiger partial charge >= 0.3 is 0 Å². The molecule has 2 aromatic carbocycles. The minimum Gasteiger partial charge on any atom is -0.467 e. The lowest BCUT2D eigenvalue weighted by atomic mass is 9.84. The number of nitrogens with one attached hydrogen (secondary N) is 2. The van der Waals surface area contributed by atoms with E-state index in [0.717, 1.165) is 62.9 Å². The van der Waals surface area contributed by atoms with Crippen LogP contribution in [0.3, 0.4) is 0 Å². The summed E-state index contributed by atoms with van der Waals surface area (Å²) in [7, 11) is 3.25. The Hall–Kier alpha value is -6.37. The first kappa shape index (κ1) is 49.1. The number of fused-ring (bicyclic) bond motifs is 1. The zero-order chi connectivity index (χ0) is 47.7.